The molecule has 0 saturated carbocycles. The maximum Gasteiger partial charge on any atom is 0.326 e. The molecule has 1 heterocycles. The third kappa shape index (κ3) is 9.71. The fourth-order valence-corrected chi connectivity index (χ4v) is 2.61. The summed E-state index contributed by atoms with van der Waals surface area (Å²) < 4.78 is 0. The van der Waals surface area contributed by atoms with E-state index in [4.69, 9.17) is 10.8 Å². The lowest BCUT2D eigenvalue weighted by Gasteiger charge is -2.22. The van der Waals surface area contributed by atoms with Crippen LogP contribution in [0.4, 0.5) is 0 Å². The van der Waals surface area contributed by atoms with E-state index in [1.54, 1.807) is 0 Å². The number of carboxylic acid groups (broad SMARTS) is 2. The Labute approximate surface area is 178 Å². The van der Waals surface area contributed by atoms with Crippen LogP contribution < -0.4 is 21.7 Å². The van der Waals surface area contributed by atoms with Crippen LogP contribution in [0.15, 0.2) is 12.5 Å². The molecule has 13 heteroatoms. The molecule has 0 spiro atoms. The molecule has 1 rings (SSSR count). The van der Waals surface area contributed by atoms with Crippen molar-refractivity contribution < 1.29 is 34.2 Å². The first-order valence-electron chi connectivity index (χ1n) is 9.54. The number of hydrogen-bond acceptors (Lipinski definition) is 7. The third-order valence-electron chi connectivity index (χ3n) is 4.11. The number of aromatic amines is 1. The summed E-state index contributed by atoms with van der Waals surface area (Å²) in [6, 6.07) is -3.60. The Bertz CT molecular complexity index is 780. The highest BCUT2D eigenvalue weighted by atomic mass is 16.4. The van der Waals surface area contributed by atoms with Crippen LogP contribution in [0.5, 0.6) is 0 Å². The highest BCUT2D eigenvalue weighted by molar-refractivity contribution is 5.93. The molecule has 1 aromatic heterocycles. The average molecular weight is 440 g/mol. The molecular formula is C18H28N6O7. The summed E-state index contributed by atoms with van der Waals surface area (Å²) >= 11 is 0. The van der Waals surface area contributed by atoms with Crippen molar-refractivity contribution in [1.82, 2.24) is 25.9 Å². The fourth-order valence-electron chi connectivity index (χ4n) is 2.61. The highest BCUT2D eigenvalue weighted by Gasteiger charge is 2.27. The summed E-state index contributed by atoms with van der Waals surface area (Å²) in [5, 5.41) is 25.0. The van der Waals surface area contributed by atoms with Crippen molar-refractivity contribution in [3.63, 3.8) is 0 Å². The van der Waals surface area contributed by atoms with Crippen LogP contribution in [0, 0.1) is 5.92 Å². The first-order valence-corrected chi connectivity index (χ1v) is 9.54. The molecule has 0 aliphatic rings. The molecule has 31 heavy (non-hydrogen) atoms. The smallest absolute Gasteiger partial charge is 0.326 e. The predicted molar refractivity (Wildman–Crippen MR) is 106 cm³/mol. The lowest BCUT2D eigenvalue weighted by Crippen LogP contribution is -2.54. The minimum Gasteiger partial charge on any atom is -0.481 e. The molecule has 0 fully saturated rings. The van der Waals surface area contributed by atoms with E-state index < -0.39 is 60.8 Å². The van der Waals surface area contributed by atoms with Crippen LogP contribution in [0.25, 0.3) is 0 Å². The van der Waals surface area contributed by atoms with Gasteiger partial charge in [-0.1, -0.05) is 13.8 Å². The predicted octanol–water partition coefficient (Wildman–Crippen LogP) is -2.03. The van der Waals surface area contributed by atoms with Gasteiger partial charge in [0.25, 0.3) is 0 Å². The van der Waals surface area contributed by atoms with Crippen LogP contribution in [0.2, 0.25) is 0 Å². The zero-order valence-corrected chi connectivity index (χ0v) is 17.3. The SMILES string of the molecule is CC(C)CC(NC(=O)C(N)CC(=O)O)C(=O)NCC(=O)NC(Cc1cnc[nH]1)C(=O)O. The van der Waals surface area contributed by atoms with Gasteiger partial charge in [0.1, 0.15) is 12.1 Å². The molecule has 1 aromatic rings. The van der Waals surface area contributed by atoms with Gasteiger partial charge in [-0.2, -0.15) is 0 Å². The second kappa shape index (κ2) is 12.3. The monoisotopic (exact) mass is 440 g/mol. The van der Waals surface area contributed by atoms with E-state index in [1.165, 1.54) is 12.5 Å². The van der Waals surface area contributed by atoms with Gasteiger partial charge in [-0.25, -0.2) is 9.78 Å². The van der Waals surface area contributed by atoms with Gasteiger partial charge in [0, 0.05) is 18.3 Å². The van der Waals surface area contributed by atoms with Crippen molar-refractivity contribution in [1.29, 1.82) is 0 Å². The number of nitrogens with zero attached hydrogens (tertiary/aromatic N) is 1. The van der Waals surface area contributed by atoms with Crippen LogP contribution in [0.3, 0.4) is 0 Å². The van der Waals surface area contributed by atoms with Crippen LogP contribution in [-0.2, 0) is 30.4 Å². The standard InChI is InChI=1S/C18H28N6O7/c1-9(2)3-12(24-16(28)11(19)5-15(26)27)17(29)21-7-14(25)23-13(18(30)31)4-10-6-20-8-22-10/h6,8-9,11-13H,3-5,7,19H2,1-2H3,(H,20,22)(H,21,29)(H,23,25)(H,24,28)(H,26,27)(H,30,31). The van der Waals surface area contributed by atoms with Gasteiger partial charge in [0.15, 0.2) is 0 Å². The van der Waals surface area contributed by atoms with Crippen molar-refractivity contribution in [2.75, 3.05) is 6.54 Å². The minimum absolute atomic E-state index is 0.00799. The topological polar surface area (TPSA) is 217 Å². The quantitative estimate of drug-likeness (QED) is 0.180. The molecule has 0 radical (unpaired) electrons. The number of hydrogen-bond donors (Lipinski definition) is 7. The minimum atomic E-state index is -1.33. The molecule has 3 atom stereocenters. The second-order valence-corrected chi connectivity index (χ2v) is 7.35. The van der Waals surface area contributed by atoms with Crippen molar-refractivity contribution in [2.24, 2.45) is 11.7 Å². The van der Waals surface area contributed by atoms with Crippen molar-refractivity contribution in [3.05, 3.63) is 18.2 Å². The van der Waals surface area contributed by atoms with Crippen molar-refractivity contribution in [2.45, 2.75) is 51.2 Å². The number of amides is 3. The summed E-state index contributed by atoms with van der Waals surface area (Å²) in [6.45, 7) is 3.10. The molecule has 8 N–H and O–H groups in total. The first-order chi connectivity index (χ1) is 14.5. The second-order valence-electron chi connectivity index (χ2n) is 7.35. The zero-order chi connectivity index (χ0) is 23.6. The molecule has 172 valence electrons. The van der Waals surface area contributed by atoms with Gasteiger partial charge in [0.2, 0.25) is 17.7 Å². The first kappa shape index (κ1) is 25.6. The van der Waals surface area contributed by atoms with Crippen molar-refractivity contribution >= 4 is 29.7 Å². The van der Waals surface area contributed by atoms with E-state index in [2.05, 4.69) is 25.9 Å². The number of nitrogens with one attached hydrogen (secondary N) is 4. The summed E-state index contributed by atoms with van der Waals surface area (Å²) in [7, 11) is 0. The molecule has 0 aromatic carbocycles. The van der Waals surface area contributed by atoms with E-state index in [1.807, 2.05) is 13.8 Å². The molecule has 3 unspecified atom stereocenters. The Morgan fingerprint density at radius 3 is 2.29 bits per heavy atom. The summed E-state index contributed by atoms with van der Waals surface area (Å²) in [4.78, 5) is 65.2. The largest absolute Gasteiger partial charge is 0.481 e. The number of aromatic nitrogens is 2. The van der Waals surface area contributed by atoms with Crippen LogP contribution in [-0.4, -0.2) is 74.5 Å². The Balaban J connectivity index is 2.64. The van der Waals surface area contributed by atoms with E-state index in [0.717, 1.165) is 0 Å². The number of H-pyrrole nitrogens is 1. The number of rotatable bonds is 13. The normalized spacial score (nSPS) is 13.7. The van der Waals surface area contributed by atoms with E-state index in [9.17, 15) is 29.1 Å². The maximum atomic E-state index is 12.4. The molecular weight excluding hydrogens is 412 g/mol. The number of carbonyl (C=O) groups is 5. The Morgan fingerprint density at radius 1 is 1.10 bits per heavy atom. The third-order valence-corrected chi connectivity index (χ3v) is 4.11. The van der Waals surface area contributed by atoms with E-state index in [0.29, 0.717) is 5.69 Å². The molecule has 0 saturated heterocycles. The van der Waals surface area contributed by atoms with Crippen LogP contribution >= 0.6 is 0 Å². The summed E-state index contributed by atoms with van der Waals surface area (Å²) in [5.74, 6) is -4.75. The molecule has 0 bridgehead atoms. The van der Waals surface area contributed by atoms with Gasteiger partial charge in [-0.15, -0.1) is 0 Å². The van der Waals surface area contributed by atoms with Crippen molar-refractivity contribution in [3.8, 4) is 0 Å². The van der Waals surface area contributed by atoms with Gasteiger partial charge in [-0.05, 0) is 12.3 Å². The lowest BCUT2D eigenvalue weighted by atomic mass is 10.0. The maximum absolute atomic E-state index is 12.4. The fraction of sp³-hybridized carbons (Fsp3) is 0.556. The lowest BCUT2D eigenvalue weighted by molar-refractivity contribution is -0.141. The Hall–Kier alpha value is -3.48. The van der Waals surface area contributed by atoms with Gasteiger partial charge in [-0.3, -0.25) is 19.2 Å². The Kier molecular flexibility index (Phi) is 10.1. The van der Waals surface area contributed by atoms with Gasteiger partial charge >= 0.3 is 11.9 Å². The average Bonchev–Trinajstić information content (AvgIpc) is 3.17. The zero-order valence-electron chi connectivity index (χ0n) is 17.3. The van der Waals surface area contributed by atoms with E-state index >= 15 is 0 Å². The Morgan fingerprint density at radius 2 is 1.77 bits per heavy atom. The number of carbonyl (C=O) groups excluding carboxylic acids is 3. The summed E-state index contributed by atoms with van der Waals surface area (Å²) in [5.41, 5.74) is 6.02. The van der Waals surface area contributed by atoms with Gasteiger partial charge < -0.3 is 36.9 Å². The number of carboxylic acids is 2. The molecule has 3 amide bonds. The molecule has 0 aliphatic heterocycles. The number of imidazole rings is 1. The van der Waals surface area contributed by atoms with Crippen LogP contribution in [0.1, 0.15) is 32.4 Å². The molecule has 0 aliphatic carbocycles. The van der Waals surface area contributed by atoms with Gasteiger partial charge in [0.05, 0.1) is 25.3 Å². The van der Waals surface area contributed by atoms with E-state index in [-0.39, 0.29) is 18.8 Å². The highest BCUT2D eigenvalue weighted by Crippen LogP contribution is 2.06. The molecule has 13 nitrogen and oxygen atoms in total. The summed E-state index contributed by atoms with van der Waals surface area (Å²) in [6.07, 6.45) is 2.40. The number of nitrogens with two attached hydrogens (primary N) is 1. The number of aliphatic carboxylic acids is 2.